The van der Waals surface area contributed by atoms with Gasteiger partial charge in [0.2, 0.25) is 0 Å². The summed E-state index contributed by atoms with van der Waals surface area (Å²) in [6.45, 7) is 1.66. The van der Waals surface area contributed by atoms with Crippen LogP contribution in [0, 0.1) is 5.82 Å². The molecule has 0 unspecified atom stereocenters. The zero-order valence-corrected chi connectivity index (χ0v) is 18.2. The molecular weight excluding hydrogens is 475 g/mol. The lowest BCUT2D eigenvalue weighted by atomic mass is 10.2. The highest BCUT2D eigenvalue weighted by Crippen LogP contribution is 2.31. The Morgan fingerprint density at radius 3 is 2.52 bits per heavy atom. The van der Waals surface area contributed by atoms with Gasteiger partial charge in [0.15, 0.2) is 5.82 Å². The second kappa shape index (κ2) is 8.91. The molecule has 0 saturated carbocycles. The number of rotatable bonds is 6. The highest BCUT2D eigenvalue weighted by molar-refractivity contribution is 9.11. The first-order valence-corrected chi connectivity index (χ1v) is 10.00. The number of nitrogens with one attached hydrogen (secondary N) is 1. The predicted molar refractivity (Wildman–Crippen MR) is 117 cm³/mol. The normalized spacial score (nSPS) is 11.6. The maximum atomic E-state index is 13.1. The van der Waals surface area contributed by atoms with Crippen LogP contribution in [0.15, 0.2) is 45.3 Å². The van der Waals surface area contributed by atoms with Crippen LogP contribution in [0.4, 0.5) is 10.2 Å². The third-order valence-electron chi connectivity index (χ3n) is 3.88. The third-order valence-corrected chi connectivity index (χ3v) is 4.94. The average Bonchev–Trinajstić information content (AvgIpc) is 2.61. The minimum atomic E-state index is -0.254. The molecule has 1 aromatic heterocycles. The molecule has 1 N–H and O–H groups in total. The fourth-order valence-corrected chi connectivity index (χ4v) is 3.84. The molecule has 3 aromatic rings. The molecule has 2 aromatic carbocycles. The first kappa shape index (κ1) is 19.9. The Labute approximate surface area is 174 Å². The van der Waals surface area contributed by atoms with Gasteiger partial charge in [-0.15, -0.1) is 0 Å². The van der Waals surface area contributed by atoms with E-state index in [-0.39, 0.29) is 5.82 Å². The molecule has 0 amide bonds. The molecule has 0 aliphatic carbocycles. The SMILES string of the molecule is CN(C)CCNc1nc(/C=C/c2ccc(F)cc2)nc2c(Br)cc(Br)cc12. The predicted octanol–water partition coefficient (Wildman–Crippen LogP) is 5.44. The van der Waals surface area contributed by atoms with Crippen LogP contribution in [0.2, 0.25) is 0 Å². The Hall–Kier alpha value is -1.83. The third kappa shape index (κ3) is 5.34. The number of aromatic nitrogens is 2. The number of anilines is 1. The Morgan fingerprint density at radius 1 is 1.07 bits per heavy atom. The van der Waals surface area contributed by atoms with E-state index >= 15 is 0 Å². The van der Waals surface area contributed by atoms with Gasteiger partial charge in [0, 0.05) is 27.4 Å². The molecule has 0 saturated heterocycles. The van der Waals surface area contributed by atoms with Crippen LogP contribution in [0.5, 0.6) is 0 Å². The van der Waals surface area contributed by atoms with Crippen molar-refractivity contribution >= 4 is 60.7 Å². The van der Waals surface area contributed by atoms with Crippen molar-refractivity contribution in [2.24, 2.45) is 0 Å². The van der Waals surface area contributed by atoms with Crippen molar-refractivity contribution in [2.45, 2.75) is 0 Å². The molecule has 140 valence electrons. The van der Waals surface area contributed by atoms with Gasteiger partial charge in [0.05, 0.1) is 5.52 Å². The second-order valence-corrected chi connectivity index (χ2v) is 8.10. The van der Waals surface area contributed by atoms with Crippen molar-refractivity contribution in [1.29, 1.82) is 0 Å². The van der Waals surface area contributed by atoms with Gasteiger partial charge < -0.3 is 10.2 Å². The monoisotopic (exact) mass is 492 g/mol. The molecule has 0 fully saturated rings. The van der Waals surface area contributed by atoms with Crippen molar-refractivity contribution in [3.8, 4) is 0 Å². The van der Waals surface area contributed by atoms with Crippen molar-refractivity contribution < 1.29 is 4.39 Å². The lowest BCUT2D eigenvalue weighted by molar-refractivity contribution is 0.425. The van der Waals surface area contributed by atoms with E-state index in [9.17, 15) is 4.39 Å². The molecule has 27 heavy (non-hydrogen) atoms. The second-order valence-electron chi connectivity index (χ2n) is 6.33. The van der Waals surface area contributed by atoms with Crippen LogP contribution < -0.4 is 5.32 Å². The molecule has 0 spiro atoms. The number of likely N-dealkylation sites (N-methyl/N-ethyl adjacent to an activating group) is 1. The van der Waals surface area contributed by atoms with Gasteiger partial charge >= 0.3 is 0 Å². The average molecular weight is 494 g/mol. The van der Waals surface area contributed by atoms with Gasteiger partial charge in [-0.25, -0.2) is 14.4 Å². The zero-order chi connectivity index (χ0) is 19.4. The summed E-state index contributed by atoms with van der Waals surface area (Å²) in [6.07, 6.45) is 3.70. The van der Waals surface area contributed by atoms with Gasteiger partial charge in [-0.2, -0.15) is 0 Å². The van der Waals surface area contributed by atoms with E-state index in [0.29, 0.717) is 5.82 Å². The molecule has 3 rings (SSSR count). The minimum Gasteiger partial charge on any atom is -0.368 e. The molecule has 0 bridgehead atoms. The number of hydrogen-bond donors (Lipinski definition) is 1. The summed E-state index contributed by atoms with van der Waals surface area (Å²) in [5.41, 5.74) is 1.72. The Bertz CT molecular complexity index is 972. The first-order valence-electron chi connectivity index (χ1n) is 8.41. The number of hydrogen-bond acceptors (Lipinski definition) is 4. The van der Waals surface area contributed by atoms with Crippen LogP contribution >= 0.6 is 31.9 Å². The molecule has 0 atom stereocenters. The summed E-state index contributed by atoms with van der Waals surface area (Å²) in [5.74, 6) is 1.11. The van der Waals surface area contributed by atoms with Crippen molar-refractivity contribution in [2.75, 3.05) is 32.5 Å². The van der Waals surface area contributed by atoms with Crippen molar-refractivity contribution in [3.63, 3.8) is 0 Å². The number of nitrogens with zero attached hydrogens (tertiary/aromatic N) is 3. The van der Waals surface area contributed by atoms with E-state index in [4.69, 9.17) is 0 Å². The van der Waals surface area contributed by atoms with E-state index in [2.05, 4.69) is 52.0 Å². The maximum absolute atomic E-state index is 13.1. The summed E-state index contributed by atoms with van der Waals surface area (Å²) in [5, 5.41) is 4.34. The number of benzene rings is 2. The summed E-state index contributed by atoms with van der Waals surface area (Å²) in [6, 6.07) is 10.3. The fourth-order valence-electron chi connectivity index (χ4n) is 2.53. The maximum Gasteiger partial charge on any atom is 0.155 e. The number of fused-ring (bicyclic) bond motifs is 1. The molecule has 0 radical (unpaired) electrons. The molecule has 4 nitrogen and oxygen atoms in total. The van der Waals surface area contributed by atoms with Crippen LogP contribution in [0.25, 0.3) is 23.1 Å². The summed E-state index contributed by atoms with van der Waals surface area (Å²) >= 11 is 7.12. The molecule has 1 heterocycles. The van der Waals surface area contributed by atoms with Crippen LogP contribution in [0.3, 0.4) is 0 Å². The van der Waals surface area contributed by atoms with Gasteiger partial charge in [-0.1, -0.05) is 34.1 Å². The molecule has 0 aliphatic heterocycles. The molecular formula is C20H19Br2FN4. The van der Waals surface area contributed by atoms with Gasteiger partial charge in [-0.05, 0) is 65.9 Å². The highest BCUT2D eigenvalue weighted by atomic mass is 79.9. The standard InChI is InChI=1S/C20H19Br2FN4/c1-27(2)10-9-24-20-16-11-14(21)12-17(22)19(16)25-18(26-20)8-5-13-3-6-15(23)7-4-13/h3-8,11-12H,9-10H2,1-2H3,(H,24,25,26)/b8-5+. The molecule has 7 heteroatoms. The van der Waals surface area contributed by atoms with E-state index in [0.717, 1.165) is 44.3 Å². The number of halogens is 3. The van der Waals surface area contributed by atoms with E-state index in [1.54, 1.807) is 12.1 Å². The fraction of sp³-hybridized carbons (Fsp3) is 0.200. The minimum absolute atomic E-state index is 0.254. The lowest BCUT2D eigenvalue weighted by Gasteiger charge is -2.13. The summed E-state index contributed by atoms with van der Waals surface area (Å²) < 4.78 is 14.9. The Morgan fingerprint density at radius 2 is 1.81 bits per heavy atom. The lowest BCUT2D eigenvalue weighted by Crippen LogP contribution is -2.21. The van der Waals surface area contributed by atoms with Crippen LogP contribution in [0.1, 0.15) is 11.4 Å². The van der Waals surface area contributed by atoms with E-state index < -0.39 is 0 Å². The van der Waals surface area contributed by atoms with E-state index in [1.807, 2.05) is 38.4 Å². The quantitative estimate of drug-likeness (QED) is 0.496. The van der Waals surface area contributed by atoms with Crippen molar-refractivity contribution in [3.05, 3.63) is 62.5 Å². The largest absolute Gasteiger partial charge is 0.368 e. The van der Waals surface area contributed by atoms with Crippen LogP contribution in [-0.2, 0) is 0 Å². The smallest absolute Gasteiger partial charge is 0.155 e. The van der Waals surface area contributed by atoms with Crippen LogP contribution in [-0.4, -0.2) is 42.1 Å². The topological polar surface area (TPSA) is 41.0 Å². The Balaban J connectivity index is 1.98. The zero-order valence-electron chi connectivity index (χ0n) is 15.0. The summed E-state index contributed by atoms with van der Waals surface area (Å²) in [7, 11) is 4.06. The van der Waals surface area contributed by atoms with E-state index in [1.165, 1.54) is 12.1 Å². The summed E-state index contributed by atoms with van der Waals surface area (Å²) in [4.78, 5) is 11.4. The Kier molecular flexibility index (Phi) is 6.57. The van der Waals surface area contributed by atoms with Crippen molar-refractivity contribution in [1.82, 2.24) is 14.9 Å². The molecule has 0 aliphatic rings. The van der Waals surface area contributed by atoms with Gasteiger partial charge in [-0.3, -0.25) is 0 Å². The van der Waals surface area contributed by atoms with Gasteiger partial charge in [0.25, 0.3) is 0 Å². The van der Waals surface area contributed by atoms with Gasteiger partial charge in [0.1, 0.15) is 11.6 Å². The first-order chi connectivity index (χ1) is 12.9. The highest BCUT2D eigenvalue weighted by Gasteiger charge is 2.10.